The molecule has 7 heteroatoms. The van der Waals surface area contributed by atoms with Crippen LogP contribution in [0.25, 0.3) is 0 Å². The molecule has 0 saturated carbocycles. The molecule has 1 aromatic rings. The van der Waals surface area contributed by atoms with Crippen LogP contribution < -0.4 is 5.32 Å². The third-order valence-corrected chi connectivity index (χ3v) is 2.36. The van der Waals surface area contributed by atoms with Gasteiger partial charge in [0, 0.05) is 26.2 Å². The highest BCUT2D eigenvalue weighted by atomic mass is 19.4. The van der Waals surface area contributed by atoms with E-state index in [1.807, 2.05) is 13.2 Å². The molecule has 0 aliphatic rings. The Hall–Kier alpha value is -1.53. The predicted octanol–water partition coefficient (Wildman–Crippen LogP) is 1.81. The van der Waals surface area contributed by atoms with Crippen molar-refractivity contribution in [2.24, 2.45) is 7.05 Å². The maximum Gasteiger partial charge on any atom is 0.389 e. The average molecular weight is 263 g/mol. The van der Waals surface area contributed by atoms with Gasteiger partial charge in [-0.3, -0.25) is 9.48 Å². The third kappa shape index (κ3) is 6.27. The summed E-state index contributed by atoms with van der Waals surface area (Å²) in [6.07, 6.45) is -0.821. The van der Waals surface area contributed by atoms with E-state index >= 15 is 0 Å². The first-order valence-electron chi connectivity index (χ1n) is 5.68. The van der Waals surface area contributed by atoms with Gasteiger partial charge in [0.15, 0.2) is 0 Å². The molecule has 0 aliphatic carbocycles. The molecule has 1 aromatic heterocycles. The number of amides is 1. The van der Waals surface area contributed by atoms with E-state index in [9.17, 15) is 18.0 Å². The molecule has 0 fully saturated rings. The van der Waals surface area contributed by atoms with Gasteiger partial charge in [0.05, 0.1) is 12.6 Å². The summed E-state index contributed by atoms with van der Waals surface area (Å²) in [6.45, 7) is 0.381. The lowest BCUT2D eigenvalue weighted by atomic mass is 10.2. The van der Waals surface area contributed by atoms with Crippen molar-refractivity contribution in [1.82, 2.24) is 15.1 Å². The minimum absolute atomic E-state index is 0.381. The standard InChI is InChI=1S/C11H16F3N3O/c1-17-8-9(7-16-17)3-2-6-15-10(18)4-5-11(12,13)14/h7-8H,2-6H2,1H3,(H,15,18). The molecule has 0 radical (unpaired) electrons. The molecule has 18 heavy (non-hydrogen) atoms. The molecule has 0 aromatic carbocycles. The molecule has 0 atom stereocenters. The smallest absolute Gasteiger partial charge is 0.356 e. The quantitative estimate of drug-likeness (QED) is 0.796. The molecule has 0 unspecified atom stereocenters. The highest BCUT2D eigenvalue weighted by Crippen LogP contribution is 2.20. The number of rotatable bonds is 6. The van der Waals surface area contributed by atoms with Crippen molar-refractivity contribution in [2.75, 3.05) is 6.54 Å². The van der Waals surface area contributed by atoms with Gasteiger partial charge in [-0.1, -0.05) is 0 Å². The molecule has 4 nitrogen and oxygen atoms in total. The van der Waals surface area contributed by atoms with E-state index in [4.69, 9.17) is 0 Å². The Balaban J connectivity index is 2.09. The van der Waals surface area contributed by atoms with Crippen LogP contribution in [0, 0.1) is 0 Å². The Kier molecular flexibility index (Phi) is 5.18. The Morgan fingerprint density at radius 1 is 1.50 bits per heavy atom. The molecule has 1 N–H and O–H groups in total. The second kappa shape index (κ2) is 6.42. The lowest BCUT2D eigenvalue weighted by Crippen LogP contribution is -2.26. The SMILES string of the molecule is Cn1cc(CCCNC(=O)CCC(F)(F)F)cn1. The molecule has 0 spiro atoms. The van der Waals surface area contributed by atoms with E-state index in [0.29, 0.717) is 13.0 Å². The van der Waals surface area contributed by atoms with Gasteiger partial charge in [-0.15, -0.1) is 0 Å². The fraction of sp³-hybridized carbons (Fsp3) is 0.636. The van der Waals surface area contributed by atoms with Crippen LogP contribution in [0.1, 0.15) is 24.8 Å². The van der Waals surface area contributed by atoms with Gasteiger partial charge >= 0.3 is 6.18 Å². The number of alkyl halides is 3. The number of carbonyl (C=O) groups excluding carboxylic acids is 1. The Morgan fingerprint density at radius 3 is 2.78 bits per heavy atom. The minimum atomic E-state index is -4.27. The van der Waals surface area contributed by atoms with Gasteiger partial charge in [-0.2, -0.15) is 18.3 Å². The summed E-state index contributed by atoms with van der Waals surface area (Å²) in [6, 6.07) is 0. The number of hydrogen-bond donors (Lipinski definition) is 1. The maximum atomic E-state index is 11.8. The van der Waals surface area contributed by atoms with Crippen LogP contribution in [0.3, 0.4) is 0 Å². The van der Waals surface area contributed by atoms with E-state index in [0.717, 1.165) is 12.0 Å². The Morgan fingerprint density at radius 2 is 2.22 bits per heavy atom. The first-order valence-corrected chi connectivity index (χ1v) is 5.68. The van der Waals surface area contributed by atoms with Gasteiger partial charge < -0.3 is 5.32 Å². The summed E-state index contributed by atoms with van der Waals surface area (Å²) in [4.78, 5) is 11.1. The van der Waals surface area contributed by atoms with Crippen molar-refractivity contribution >= 4 is 5.91 Å². The molecule has 0 aliphatic heterocycles. The lowest BCUT2D eigenvalue weighted by Gasteiger charge is -2.06. The monoisotopic (exact) mass is 263 g/mol. The molecular formula is C11H16F3N3O. The van der Waals surface area contributed by atoms with Crippen LogP contribution in [-0.4, -0.2) is 28.4 Å². The lowest BCUT2D eigenvalue weighted by molar-refractivity contribution is -0.144. The summed E-state index contributed by atoms with van der Waals surface area (Å²) in [5.41, 5.74) is 1.04. The van der Waals surface area contributed by atoms with E-state index in [2.05, 4.69) is 10.4 Å². The molecular weight excluding hydrogens is 247 g/mol. The summed E-state index contributed by atoms with van der Waals surface area (Å²) in [7, 11) is 1.81. The molecule has 1 heterocycles. The topological polar surface area (TPSA) is 46.9 Å². The summed E-state index contributed by atoms with van der Waals surface area (Å²) in [5, 5.41) is 6.46. The maximum absolute atomic E-state index is 11.8. The van der Waals surface area contributed by atoms with Crippen molar-refractivity contribution in [3.8, 4) is 0 Å². The summed E-state index contributed by atoms with van der Waals surface area (Å²) in [5.74, 6) is -0.557. The third-order valence-electron chi connectivity index (χ3n) is 2.36. The van der Waals surface area contributed by atoms with Crippen LogP contribution in [0.4, 0.5) is 13.2 Å². The van der Waals surface area contributed by atoms with Crippen LogP contribution >= 0.6 is 0 Å². The molecule has 0 bridgehead atoms. The molecule has 0 saturated heterocycles. The molecule has 1 rings (SSSR count). The van der Waals surface area contributed by atoms with Crippen LogP contribution in [-0.2, 0) is 18.3 Å². The van der Waals surface area contributed by atoms with E-state index in [-0.39, 0.29) is 0 Å². The van der Waals surface area contributed by atoms with Gasteiger partial charge in [0.2, 0.25) is 5.91 Å². The second-order valence-electron chi connectivity index (χ2n) is 4.09. The zero-order chi connectivity index (χ0) is 13.6. The van der Waals surface area contributed by atoms with E-state index in [1.165, 1.54) is 0 Å². The van der Waals surface area contributed by atoms with Crippen molar-refractivity contribution in [3.63, 3.8) is 0 Å². The van der Waals surface area contributed by atoms with Crippen molar-refractivity contribution < 1.29 is 18.0 Å². The normalized spacial score (nSPS) is 11.6. The summed E-state index contributed by atoms with van der Waals surface area (Å²) >= 11 is 0. The van der Waals surface area contributed by atoms with E-state index in [1.54, 1.807) is 10.9 Å². The number of carbonyl (C=O) groups is 1. The number of hydrogen-bond acceptors (Lipinski definition) is 2. The number of nitrogens with one attached hydrogen (secondary N) is 1. The van der Waals surface area contributed by atoms with Crippen molar-refractivity contribution in [3.05, 3.63) is 18.0 Å². The largest absolute Gasteiger partial charge is 0.389 e. The van der Waals surface area contributed by atoms with Crippen LogP contribution in [0.15, 0.2) is 12.4 Å². The number of aryl methyl sites for hydroxylation is 2. The average Bonchev–Trinajstić information content (AvgIpc) is 2.67. The first-order chi connectivity index (χ1) is 8.37. The second-order valence-corrected chi connectivity index (χ2v) is 4.09. The Labute approximate surface area is 103 Å². The molecule has 1 amide bonds. The fourth-order valence-electron chi connectivity index (χ4n) is 1.46. The van der Waals surface area contributed by atoms with Crippen molar-refractivity contribution in [1.29, 1.82) is 0 Å². The van der Waals surface area contributed by atoms with Gasteiger partial charge in [0.25, 0.3) is 0 Å². The fourth-order valence-corrected chi connectivity index (χ4v) is 1.46. The van der Waals surface area contributed by atoms with Gasteiger partial charge in [-0.05, 0) is 18.4 Å². The van der Waals surface area contributed by atoms with Crippen LogP contribution in [0.5, 0.6) is 0 Å². The zero-order valence-electron chi connectivity index (χ0n) is 10.1. The first kappa shape index (κ1) is 14.5. The Bertz CT molecular complexity index is 387. The highest BCUT2D eigenvalue weighted by molar-refractivity contribution is 5.75. The van der Waals surface area contributed by atoms with E-state index < -0.39 is 24.9 Å². The zero-order valence-corrected chi connectivity index (χ0v) is 10.1. The number of halogens is 3. The van der Waals surface area contributed by atoms with Gasteiger partial charge in [0.1, 0.15) is 0 Å². The van der Waals surface area contributed by atoms with Gasteiger partial charge in [-0.25, -0.2) is 0 Å². The summed E-state index contributed by atoms with van der Waals surface area (Å²) < 4.78 is 37.2. The predicted molar refractivity (Wildman–Crippen MR) is 59.8 cm³/mol. The minimum Gasteiger partial charge on any atom is -0.356 e. The molecule has 102 valence electrons. The number of aromatic nitrogens is 2. The number of nitrogens with zero attached hydrogens (tertiary/aromatic N) is 2. The van der Waals surface area contributed by atoms with Crippen LogP contribution in [0.2, 0.25) is 0 Å². The van der Waals surface area contributed by atoms with Crippen molar-refractivity contribution in [2.45, 2.75) is 31.9 Å². The highest BCUT2D eigenvalue weighted by Gasteiger charge is 2.27.